The summed E-state index contributed by atoms with van der Waals surface area (Å²) in [6, 6.07) is 0.241. The second-order valence-electron chi connectivity index (χ2n) is 7.24. The molecule has 0 aromatic carbocycles. The van der Waals surface area contributed by atoms with E-state index in [9.17, 15) is 33.6 Å². The third-order valence-electron chi connectivity index (χ3n) is 5.44. The molecular weight excluding hydrogens is 367 g/mol. The number of hydrogen-bond acceptors (Lipinski definition) is 7. The molecule has 10 heteroatoms. The summed E-state index contributed by atoms with van der Waals surface area (Å²) >= 11 is 0. The van der Waals surface area contributed by atoms with Gasteiger partial charge in [-0.05, 0) is 18.4 Å². The number of aliphatic hydroxyl groups excluding tert-OH is 4. The largest absolute Gasteiger partial charge is 0.418 e. The third kappa shape index (κ3) is 4.19. The molecule has 1 aromatic heterocycles. The molecule has 1 aromatic rings. The van der Waals surface area contributed by atoms with Crippen molar-refractivity contribution in [3.8, 4) is 0 Å². The molecule has 2 aliphatic rings. The Morgan fingerprint density at radius 1 is 1.15 bits per heavy atom. The normalized spacial score (nSPS) is 32.9. The zero-order valence-electron chi connectivity index (χ0n) is 14.6. The molecule has 2 fully saturated rings. The maximum atomic E-state index is 13.2. The van der Waals surface area contributed by atoms with Crippen molar-refractivity contribution < 1.29 is 33.6 Å². The highest BCUT2D eigenvalue weighted by molar-refractivity contribution is 5.53. The second kappa shape index (κ2) is 7.88. The summed E-state index contributed by atoms with van der Waals surface area (Å²) in [5.74, 6) is -0.00465. The molecule has 4 N–H and O–H groups in total. The molecule has 2 saturated heterocycles. The van der Waals surface area contributed by atoms with Gasteiger partial charge in [-0.1, -0.05) is 0 Å². The van der Waals surface area contributed by atoms with Gasteiger partial charge >= 0.3 is 6.18 Å². The molecule has 7 nitrogen and oxygen atoms in total. The Bertz CT molecular complexity index is 648. The van der Waals surface area contributed by atoms with Crippen LogP contribution in [0.3, 0.4) is 0 Å². The minimum atomic E-state index is -4.46. The molecule has 0 unspecified atom stereocenters. The summed E-state index contributed by atoms with van der Waals surface area (Å²) in [4.78, 5) is 7.16. The summed E-state index contributed by atoms with van der Waals surface area (Å²) in [6.07, 6.45) is -5.25. The zero-order chi connectivity index (χ0) is 19.8. The summed E-state index contributed by atoms with van der Waals surface area (Å²) in [6.45, 7) is 0.899. The van der Waals surface area contributed by atoms with Gasteiger partial charge in [0.1, 0.15) is 12.2 Å². The Labute approximate surface area is 154 Å². The van der Waals surface area contributed by atoms with Crippen molar-refractivity contribution in [2.24, 2.45) is 5.92 Å². The lowest BCUT2D eigenvalue weighted by Gasteiger charge is -2.44. The van der Waals surface area contributed by atoms with Crippen LogP contribution in [0.25, 0.3) is 0 Å². The van der Waals surface area contributed by atoms with Gasteiger partial charge in [-0.3, -0.25) is 9.88 Å². The summed E-state index contributed by atoms with van der Waals surface area (Å²) in [5.41, 5.74) is -0.682. The molecule has 0 radical (unpaired) electrons. The maximum absolute atomic E-state index is 13.2. The van der Waals surface area contributed by atoms with Crippen LogP contribution in [0.4, 0.5) is 18.9 Å². The van der Waals surface area contributed by atoms with Gasteiger partial charge in [-0.2, -0.15) is 13.2 Å². The lowest BCUT2D eigenvalue weighted by atomic mass is 9.93. The van der Waals surface area contributed by atoms with E-state index < -0.39 is 36.1 Å². The van der Waals surface area contributed by atoms with E-state index in [0.717, 1.165) is 12.3 Å². The molecule has 0 amide bonds. The number of pyridine rings is 1. The van der Waals surface area contributed by atoms with Gasteiger partial charge in [0.2, 0.25) is 0 Å². The molecule has 0 aliphatic carbocycles. The van der Waals surface area contributed by atoms with Crippen LogP contribution in [0, 0.1) is 5.92 Å². The number of aliphatic hydroxyl groups is 4. The number of alkyl halides is 3. The van der Waals surface area contributed by atoms with E-state index in [-0.39, 0.29) is 24.8 Å². The first kappa shape index (κ1) is 20.3. The average Bonchev–Trinajstić information content (AvgIpc) is 3.08. The Morgan fingerprint density at radius 2 is 1.89 bits per heavy atom. The lowest BCUT2D eigenvalue weighted by Crippen LogP contribution is -2.63. The number of hydrogen-bond donors (Lipinski definition) is 4. The van der Waals surface area contributed by atoms with E-state index in [1.807, 2.05) is 0 Å². The average molecular weight is 391 g/mol. The number of β-amino-alcohol motifs (C(OH)–C–C–N with tert-alkyl or cyclic N) is 1. The quantitative estimate of drug-likeness (QED) is 0.559. The molecule has 5 atom stereocenters. The third-order valence-corrected chi connectivity index (χ3v) is 5.44. The van der Waals surface area contributed by atoms with E-state index >= 15 is 0 Å². The predicted molar refractivity (Wildman–Crippen MR) is 90.0 cm³/mol. The van der Waals surface area contributed by atoms with Crippen molar-refractivity contribution in [1.29, 1.82) is 0 Å². The van der Waals surface area contributed by atoms with Crippen molar-refractivity contribution >= 4 is 5.69 Å². The van der Waals surface area contributed by atoms with Crippen LogP contribution in [0.5, 0.6) is 0 Å². The Kier molecular flexibility index (Phi) is 5.92. The summed E-state index contributed by atoms with van der Waals surface area (Å²) in [7, 11) is 0. The number of aromatic nitrogens is 1. The molecule has 2 aliphatic heterocycles. The monoisotopic (exact) mass is 391 g/mol. The molecule has 0 bridgehead atoms. The number of rotatable bonds is 4. The Hall–Kier alpha value is -1.46. The summed E-state index contributed by atoms with van der Waals surface area (Å²) < 4.78 is 39.7. The van der Waals surface area contributed by atoms with E-state index in [2.05, 4.69) is 4.98 Å². The Morgan fingerprint density at radius 3 is 2.56 bits per heavy atom. The lowest BCUT2D eigenvalue weighted by molar-refractivity contribution is -0.147. The fourth-order valence-electron chi connectivity index (χ4n) is 4.00. The van der Waals surface area contributed by atoms with E-state index in [1.54, 1.807) is 9.80 Å². The van der Waals surface area contributed by atoms with Gasteiger partial charge < -0.3 is 25.3 Å². The molecule has 3 rings (SSSR count). The van der Waals surface area contributed by atoms with Crippen LogP contribution < -0.4 is 4.90 Å². The zero-order valence-corrected chi connectivity index (χ0v) is 14.6. The Balaban J connectivity index is 1.69. The first-order valence-electron chi connectivity index (χ1n) is 8.87. The number of anilines is 1. The second-order valence-corrected chi connectivity index (χ2v) is 7.24. The van der Waals surface area contributed by atoms with Crippen LogP contribution in [0.1, 0.15) is 12.0 Å². The predicted octanol–water partition coefficient (Wildman–Crippen LogP) is -0.314. The molecule has 27 heavy (non-hydrogen) atoms. The highest BCUT2D eigenvalue weighted by Gasteiger charge is 2.42. The number of nitrogens with zero attached hydrogens (tertiary/aromatic N) is 3. The van der Waals surface area contributed by atoms with Crippen molar-refractivity contribution in [3.63, 3.8) is 0 Å². The number of likely N-dealkylation sites (tertiary alicyclic amines) is 1. The van der Waals surface area contributed by atoms with Crippen molar-refractivity contribution in [2.45, 2.75) is 37.0 Å². The number of piperidine rings is 1. The highest BCUT2D eigenvalue weighted by atomic mass is 19.4. The van der Waals surface area contributed by atoms with Crippen molar-refractivity contribution in [2.75, 3.05) is 37.7 Å². The topological polar surface area (TPSA) is 100 Å². The van der Waals surface area contributed by atoms with Crippen LogP contribution in [-0.4, -0.2) is 87.4 Å². The molecule has 0 saturated carbocycles. The van der Waals surface area contributed by atoms with Crippen LogP contribution >= 0.6 is 0 Å². The summed E-state index contributed by atoms with van der Waals surface area (Å²) in [5, 5.41) is 39.2. The molecular formula is C17H24F3N3O4. The SMILES string of the molecule is OC[C@@H]1[C@@H](O)[C@H](O)[C@@H](O)CN1C[C@H]1CCN(c2cnccc2C(F)(F)F)C1. The fraction of sp³-hybridized carbons (Fsp3) is 0.706. The molecule has 152 valence electrons. The number of halogens is 3. The maximum Gasteiger partial charge on any atom is 0.418 e. The van der Waals surface area contributed by atoms with Crippen LogP contribution in [0.2, 0.25) is 0 Å². The van der Waals surface area contributed by atoms with Crippen molar-refractivity contribution in [1.82, 2.24) is 9.88 Å². The van der Waals surface area contributed by atoms with Crippen molar-refractivity contribution in [3.05, 3.63) is 24.0 Å². The van der Waals surface area contributed by atoms with Gasteiger partial charge in [0.25, 0.3) is 0 Å². The van der Waals surface area contributed by atoms with Gasteiger partial charge in [0.05, 0.1) is 36.2 Å². The first-order chi connectivity index (χ1) is 12.7. The minimum Gasteiger partial charge on any atom is -0.395 e. The fourth-order valence-corrected chi connectivity index (χ4v) is 4.00. The molecule has 3 heterocycles. The van der Waals surface area contributed by atoms with Gasteiger partial charge in [0.15, 0.2) is 0 Å². The van der Waals surface area contributed by atoms with E-state index in [0.29, 0.717) is 26.1 Å². The van der Waals surface area contributed by atoms with Crippen LogP contribution in [-0.2, 0) is 6.18 Å². The highest BCUT2D eigenvalue weighted by Crippen LogP contribution is 2.38. The first-order valence-corrected chi connectivity index (χ1v) is 8.87. The van der Waals surface area contributed by atoms with E-state index in [4.69, 9.17) is 0 Å². The van der Waals surface area contributed by atoms with Gasteiger partial charge in [-0.25, -0.2) is 0 Å². The molecule has 0 spiro atoms. The van der Waals surface area contributed by atoms with Crippen LogP contribution in [0.15, 0.2) is 18.5 Å². The minimum absolute atomic E-state index is 0.00465. The van der Waals surface area contributed by atoms with Gasteiger partial charge in [-0.15, -0.1) is 0 Å². The smallest absolute Gasteiger partial charge is 0.395 e. The standard InChI is InChI=1S/C17H24F3N3O4/c18-17(19,20)11-1-3-21-5-12(11)22-4-2-10(6-22)7-23-8-14(25)16(27)15(26)13(23)9-24/h1,3,5,10,13-16,24-27H,2,4,6-9H2/t10-,13+,14-,15+,16+/m0/s1. The van der Waals surface area contributed by atoms with Gasteiger partial charge in [0, 0.05) is 32.4 Å². The van der Waals surface area contributed by atoms with E-state index in [1.165, 1.54) is 6.20 Å².